The number of methoxy groups -OCH3 is 1. The van der Waals surface area contributed by atoms with E-state index in [0.717, 1.165) is 21.1 Å². The Bertz CT molecular complexity index is 1090. The van der Waals surface area contributed by atoms with Crippen LogP contribution in [-0.4, -0.2) is 60.8 Å². The van der Waals surface area contributed by atoms with Crippen molar-refractivity contribution in [3.63, 3.8) is 0 Å². The molecule has 0 aliphatic carbocycles. The van der Waals surface area contributed by atoms with Gasteiger partial charge < -0.3 is 19.5 Å². The van der Waals surface area contributed by atoms with Crippen LogP contribution in [0.5, 0.6) is 11.5 Å². The summed E-state index contributed by atoms with van der Waals surface area (Å²) in [5.41, 5.74) is 1.65. The first-order valence-electron chi connectivity index (χ1n) is 9.87. The fourth-order valence-electron chi connectivity index (χ4n) is 3.40. The number of esters is 1. The van der Waals surface area contributed by atoms with Crippen LogP contribution in [0.15, 0.2) is 47.2 Å². The second-order valence-electron chi connectivity index (χ2n) is 7.25. The van der Waals surface area contributed by atoms with Crippen molar-refractivity contribution in [3.8, 4) is 11.5 Å². The number of hydrogen-bond donors (Lipinski definition) is 1. The maximum Gasteiger partial charge on any atom is 0.307 e. The molecule has 8 nitrogen and oxygen atoms in total. The molecular weight excluding hydrogens is 464 g/mol. The van der Waals surface area contributed by atoms with Crippen LogP contribution in [0.3, 0.4) is 0 Å². The summed E-state index contributed by atoms with van der Waals surface area (Å²) in [4.78, 5) is 22.2. The van der Waals surface area contributed by atoms with Gasteiger partial charge in [0.05, 0.1) is 25.1 Å². The molecule has 1 N–H and O–H groups in total. The van der Waals surface area contributed by atoms with Crippen LogP contribution in [0.4, 0.5) is 11.5 Å². The molecule has 9 heteroatoms. The van der Waals surface area contributed by atoms with Crippen molar-refractivity contribution in [2.45, 2.75) is 12.5 Å². The number of benzene rings is 2. The normalized spacial score (nSPS) is 15.9. The van der Waals surface area contributed by atoms with Crippen molar-refractivity contribution in [2.24, 2.45) is 0 Å². The molecule has 2 heterocycles. The predicted molar refractivity (Wildman–Crippen MR) is 121 cm³/mol. The molecule has 1 atom stereocenters. The van der Waals surface area contributed by atoms with Crippen LogP contribution in [0.25, 0.3) is 10.9 Å². The van der Waals surface area contributed by atoms with Crippen molar-refractivity contribution < 1.29 is 19.0 Å². The maximum absolute atomic E-state index is 11.3. The monoisotopic (exact) mass is 486 g/mol. The van der Waals surface area contributed by atoms with Crippen molar-refractivity contribution in [3.05, 3.63) is 47.2 Å². The van der Waals surface area contributed by atoms with Gasteiger partial charge in [-0.05, 0) is 31.3 Å². The highest BCUT2D eigenvalue weighted by Crippen LogP contribution is 2.35. The van der Waals surface area contributed by atoms with Crippen LogP contribution < -0.4 is 14.8 Å². The van der Waals surface area contributed by atoms with E-state index in [-0.39, 0.29) is 12.0 Å². The van der Waals surface area contributed by atoms with Gasteiger partial charge in [-0.1, -0.05) is 22.0 Å². The van der Waals surface area contributed by atoms with E-state index in [0.29, 0.717) is 43.5 Å². The first kappa shape index (κ1) is 21.3. The predicted octanol–water partition coefficient (Wildman–Crippen LogP) is 3.77. The third kappa shape index (κ3) is 5.05. The number of likely N-dealkylation sites (N-methyl/N-ethyl adjacent to an activating group) is 1. The van der Waals surface area contributed by atoms with Crippen LogP contribution >= 0.6 is 15.9 Å². The molecule has 0 spiro atoms. The van der Waals surface area contributed by atoms with Gasteiger partial charge in [0.2, 0.25) is 0 Å². The summed E-state index contributed by atoms with van der Waals surface area (Å²) in [5.74, 6) is 1.73. The summed E-state index contributed by atoms with van der Waals surface area (Å²) in [5, 5.41) is 4.16. The van der Waals surface area contributed by atoms with Crippen molar-refractivity contribution in [1.29, 1.82) is 0 Å². The van der Waals surface area contributed by atoms with Gasteiger partial charge in [0.1, 0.15) is 25.4 Å². The first-order valence-corrected chi connectivity index (χ1v) is 10.7. The van der Waals surface area contributed by atoms with E-state index >= 15 is 0 Å². The lowest BCUT2D eigenvalue weighted by molar-refractivity contribution is -0.137. The lowest BCUT2D eigenvalue weighted by Crippen LogP contribution is -2.35. The zero-order valence-electron chi connectivity index (χ0n) is 17.3. The Morgan fingerprint density at radius 1 is 1.26 bits per heavy atom. The van der Waals surface area contributed by atoms with Gasteiger partial charge >= 0.3 is 5.97 Å². The minimum atomic E-state index is -0.153. The molecule has 1 aromatic heterocycles. The lowest BCUT2D eigenvalue weighted by atomic mass is 10.2. The van der Waals surface area contributed by atoms with E-state index in [1.165, 1.54) is 6.33 Å². The molecule has 1 unspecified atom stereocenters. The number of aromatic nitrogens is 2. The van der Waals surface area contributed by atoms with Gasteiger partial charge in [-0.2, -0.15) is 0 Å². The number of cyclic esters (lactones) is 1. The number of halogens is 1. The van der Waals surface area contributed by atoms with Crippen LogP contribution in [0.2, 0.25) is 0 Å². The molecule has 162 valence electrons. The molecular formula is C22H23BrN4O4. The van der Waals surface area contributed by atoms with Gasteiger partial charge in [-0.15, -0.1) is 0 Å². The van der Waals surface area contributed by atoms with Crippen molar-refractivity contribution in [1.82, 2.24) is 14.9 Å². The molecule has 0 amide bonds. The van der Waals surface area contributed by atoms with Gasteiger partial charge in [0, 0.05) is 28.2 Å². The van der Waals surface area contributed by atoms with E-state index < -0.39 is 0 Å². The molecule has 1 aliphatic rings. The number of carbonyl (C=O) groups excluding carboxylic acids is 1. The Morgan fingerprint density at radius 2 is 2.13 bits per heavy atom. The molecule has 1 fully saturated rings. The van der Waals surface area contributed by atoms with Crippen LogP contribution in [0, 0.1) is 0 Å². The highest BCUT2D eigenvalue weighted by atomic mass is 79.9. The standard InChI is InChI=1S/C22H23BrN4O4/c1-27(16-9-21(28)31-12-16)6-7-30-20-10-17-18(11-19(20)29-2)24-13-25-22(17)26-15-5-3-4-14(23)8-15/h3-5,8,10-11,13,16H,6-7,9,12H2,1-2H3,(H,24,25,26). The maximum atomic E-state index is 11.3. The number of hydrogen-bond acceptors (Lipinski definition) is 8. The molecule has 1 aliphatic heterocycles. The van der Waals surface area contributed by atoms with Gasteiger partial charge in [-0.3, -0.25) is 9.69 Å². The molecule has 2 aromatic carbocycles. The third-order valence-electron chi connectivity index (χ3n) is 5.17. The van der Waals surface area contributed by atoms with E-state index in [1.54, 1.807) is 7.11 Å². The van der Waals surface area contributed by atoms with Gasteiger partial charge in [0.15, 0.2) is 11.5 Å². The highest BCUT2D eigenvalue weighted by molar-refractivity contribution is 9.10. The summed E-state index contributed by atoms with van der Waals surface area (Å²) in [6.45, 7) is 1.51. The largest absolute Gasteiger partial charge is 0.493 e. The Kier molecular flexibility index (Phi) is 6.53. The summed E-state index contributed by atoms with van der Waals surface area (Å²) >= 11 is 3.48. The Hall–Kier alpha value is -2.91. The average Bonchev–Trinajstić information content (AvgIpc) is 3.20. The van der Waals surface area contributed by atoms with Gasteiger partial charge in [-0.25, -0.2) is 9.97 Å². The highest BCUT2D eigenvalue weighted by Gasteiger charge is 2.27. The quantitative estimate of drug-likeness (QED) is 0.481. The molecule has 31 heavy (non-hydrogen) atoms. The molecule has 0 saturated carbocycles. The van der Waals surface area contributed by atoms with Crippen molar-refractivity contribution in [2.75, 3.05) is 39.2 Å². The number of rotatable bonds is 8. The lowest BCUT2D eigenvalue weighted by Gasteiger charge is -2.22. The third-order valence-corrected chi connectivity index (χ3v) is 5.67. The molecule has 4 rings (SSSR count). The average molecular weight is 487 g/mol. The van der Waals surface area contributed by atoms with Crippen LogP contribution in [-0.2, 0) is 9.53 Å². The second-order valence-corrected chi connectivity index (χ2v) is 8.16. The van der Waals surface area contributed by atoms with Gasteiger partial charge in [0.25, 0.3) is 0 Å². The van der Waals surface area contributed by atoms with E-state index in [9.17, 15) is 4.79 Å². The minimum absolute atomic E-state index is 0.0870. The molecule has 0 radical (unpaired) electrons. The summed E-state index contributed by atoms with van der Waals surface area (Å²) in [6.07, 6.45) is 1.93. The van der Waals surface area contributed by atoms with Crippen molar-refractivity contribution >= 4 is 44.3 Å². The molecule has 3 aromatic rings. The first-order chi connectivity index (χ1) is 15.0. The second kappa shape index (κ2) is 9.49. The topological polar surface area (TPSA) is 85.8 Å². The SMILES string of the molecule is COc1cc2ncnc(Nc3cccc(Br)c3)c2cc1OCCN(C)C1COC(=O)C1. The fraction of sp³-hybridized carbons (Fsp3) is 0.318. The van der Waals surface area contributed by atoms with E-state index in [2.05, 4.69) is 36.1 Å². The van der Waals surface area contributed by atoms with E-state index in [4.69, 9.17) is 14.2 Å². The van der Waals surface area contributed by atoms with Crippen LogP contribution in [0.1, 0.15) is 6.42 Å². The number of ether oxygens (including phenoxy) is 3. The zero-order chi connectivity index (χ0) is 21.8. The number of nitrogens with one attached hydrogen (secondary N) is 1. The summed E-state index contributed by atoms with van der Waals surface area (Å²) in [6, 6.07) is 11.7. The number of fused-ring (bicyclic) bond motifs is 1. The minimum Gasteiger partial charge on any atom is -0.493 e. The zero-order valence-corrected chi connectivity index (χ0v) is 18.9. The number of carbonyl (C=O) groups is 1. The van der Waals surface area contributed by atoms with E-state index in [1.807, 2.05) is 43.4 Å². The Labute approximate surface area is 188 Å². The molecule has 1 saturated heterocycles. The number of anilines is 2. The molecule has 0 bridgehead atoms. The Morgan fingerprint density at radius 3 is 2.87 bits per heavy atom. The summed E-state index contributed by atoms with van der Waals surface area (Å²) < 4.78 is 17.6. The number of nitrogens with zero attached hydrogens (tertiary/aromatic N) is 3. The summed E-state index contributed by atoms with van der Waals surface area (Å²) in [7, 11) is 3.56. The Balaban J connectivity index is 1.52. The smallest absolute Gasteiger partial charge is 0.307 e. The fourth-order valence-corrected chi connectivity index (χ4v) is 3.80.